The van der Waals surface area contributed by atoms with Gasteiger partial charge >= 0.3 is 0 Å². The third-order valence-corrected chi connectivity index (χ3v) is 4.55. The number of thioether (sulfide) groups is 1. The van der Waals surface area contributed by atoms with E-state index in [9.17, 15) is 8.42 Å². The summed E-state index contributed by atoms with van der Waals surface area (Å²) in [5.41, 5.74) is 0.789. The van der Waals surface area contributed by atoms with Crippen molar-refractivity contribution in [2.45, 2.75) is 11.9 Å². The van der Waals surface area contributed by atoms with Crippen molar-refractivity contribution in [3.8, 4) is 0 Å². The van der Waals surface area contributed by atoms with Crippen molar-refractivity contribution in [2.24, 2.45) is 11.1 Å². The Morgan fingerprint density at radius 1 is 1.50 bits per heavy atom. The quantitative estimate of drug-likeness (QED) is 0.819. The molecule has 2 aromatic heterocycles. The predicted molar refractivity (Wildman–Crippen MR) is 70.8 cm³/mol. The van der Waals surface area contributed by atoms with E-state index in [0.717, 1.165) is 10.7 Å². The van der Waals surface area contributed by atoms with Gasteiger partial charge in [0, 0.05) is 18.1 Å². The molecule has 98 valence electrons. The van der Waals surface area contributed by atoms with Gasteiger partial charge in [-0.1, -0.05) is 6.92 Å². The van der Waals surface area contributed by atoms with Crippen molar-refractivity contribution >= 4 is 27.4 Å². The molecule has 0 aliphatic heterocycles. The van der Waals surface area contributed by atoms with Gasteiger partial charge in [-0.25, -0.2) is 23.1 Å². The molecule has 2 rings (SSSR count). The predicted octanol–water partition coefficient (Wildman–Crippen LogP) is 0.746. The molecule has 1 atom stereocenters. The fourth-order valence-electron chi connectivity index (χ4n) is 1.55. The molecular formula is C10H14N4O2S2. The summed E-state index contributed by atoms with van der Waals surface area (Å²) in [4.78, 5) is 4.10. The Morgan fingerprint density at radius 3 is 3.00 bits per heavy atom. The van der Waals surface area contributed by atoms with Gasteiger partial charge in [-0.3, -0.25) is 0 Å². The van der Waals surface area contributed by atoms with E-state index in [1.807, 2.05) is 19.1 Å². The van der Waals surface area contributed by atoms with Crippen LogP contribution < -0.4 is 5.14 Å². The first-order valence-electron chi connectivity index (χ1n) is 5.38. The van der Waals surface area contributed by atoms with E-state index >= 15 is 0 Å². The molecule has 0 bridgehead atoms. The van der Waals surface area contributed by atoms with E-state index in [2.05, 4.69) is 10.1 Å². The molecule has 2 aromatic rings. The van der Waals surface area contributed by atoms with E-state index in [4.69, 9.17) is 5.14 Å². The van der Waals surface area contributed by atoms with E-state index < -0.39 is 10.0 Å². The summed E-state index contributed by atoms with van der Waals surface area (Å²) >= 11 is 1.51. The average molecular weight is 286 g/mol. The summed E-state index contributed by atoms with van der Waals surface area (Å²) in [6.45, 7) is 1.85. The van der Waals surface area contributed by atoms with Gasteiger partial charge in [0.1, 0.15) is 5.03 Å². The molecule has 0 aliphatic rings. The topological polar surface area (TPSA) is 90.3 Å². The molecule has 2 N–H and O–H groups in total. The fraction of sp³-hybridized carbons (Fsp3) is 0.400. The second-order valence-corrected chi connectivity index (χ2v) is 6.85. The van der Waals surface area contributed by atoms with Crippen molar-refractivity contribution < 1.29 is 8.42 Å². The lowest BCUT2D eigenvalue weighted by atomic mass is 10.3. The van der Waals surface area contributed by atoms with Gasteiger partial charge in [0.05, 0.1) is 5.75 Å². The minimum Gasteiger partial charge on any atom is -0.236 e. The maximum Gasteiger partial charge on any atom is 0.209 e. The van der Waals surface area contributed by atoms with Gasteiger partial charge in [-0.05, 0) is 18.1 Å². The first-order chi connectivity index (χ1) is 8.44. The van der Waals surface area contributed by atoms with Gasteiger partial charge in [0.15, 0.2) is 5.65 Å². The van der Waals surface area contributed by atoms with Crippen molar-refractivity contribution in [1.82, 2.24) is 14.6 Å². The molecule has 2 heterocycles. The summed E-state index contributed by atoms with van der Waals surface area (Å²) < 4.78 is 23.6. The number of sulfonamides is 1. The van der Waals surface area contributed by atoms with Gasteiger partial charge in [0.2, 0.25) is 10.0 Å². The molecule has 0 aromatic carbocycles. The van der Waals surface area contributed by atoms with Gasteiger partial charge in [-0.2, -0.15) is 5.10 Å². The molecule has 6 nitrogen and oxygen atoms in total. The normalized spacial score (nSPS) is 13.9. The SMILES string of the molecule is CC(CSc1ccc2nccn2n1)CS(N)(=O)=O. The van der Waals surface area contributed by atoms with Gasteiger partial charge in [-0.15, -0.1) is 11.8 Å². The van der Waals surface area contributed by atoms with Crippen LogP contribution in [0.25, 0.3) is 5.65 Å². The van der Waals surface area contributed by atoms with E-state index in [0.29, 0.717) is 5.75 Å². The zero-order valence-corrected chi connectivity index (χ0v) is 11.5. The van der Waals surface area contributed by atoms with Crippen molar-refractivity contribution in [1.29, 1.82) is 0 Å². The first kappa shape index (κ1) is 13.3. The summed E-state index contributed by atoms with van der Waals surface area (Å²) in [6.07, 6.45) is 3.45. The highest BCUT2D eigenvalue weighted by Gasteiger charge is 2.12. The molecule has 1 unspecified atom stereocenters. The average Bonchev–Trinajstić information content (AvgIpc) is 2.71. The van der Waals surface area contributed by atoms with E-state index in [-0.39, 0.29) is 11.7 Å². The van der Waals surface area contributed by atoms with E-state index in [1.165, 1.54) is 11.8 Å². The minimum atomic E-state index is -3.40. The number of rotatable bonds is 5. The Balaban J connectivity index is 1.97. The van der Waals surface area contributed by atoms with Crippen LogP contribution in [0.15, 0.2) is 29.6 Å². The largest absolute Gasteiger partial charge is 0.236 e. The van der Waals surface area contributed by atoms with Crippen LogP contribution in [0.4, 0.5) is 0 Å². The Bertz CT molecular complexity index is 638. The number of aromatic nitrogens is 3. The highest BCUT2D eigenvalue weighted by Crippen LogP contribution is 2.19. The Morgan fingerprint density at radius 2 is 2.28 bits per heavy atom. The van der Waals surface area contributed by atoms with Crippen LogP contribution in [-0.4, -0.2) is 34.5 Å². The summed E-state index contributed by atoms with van der Waals surface area (Å²) in [6, 6.07) is 3.75. The van der Waals surface area contributed by atoms with Crippen LogP contribution in [-0.2, 0) is 10.0 Å². The molecule has 18 heavy (non-hydrogen) atoms. The number of imidazole rings is 1. The van der Waals surface area contributed by atoms with Gasteiger partial charge in [0.25, 0.3) is 0 Å². The highest BCUT2D eigenvalue weighted by atomic mass is 32.2. The molecule has 0 saturated carbocycles. The van der Waals surface area contributed by atoms with Crippen LogP contribution in [0.3, 0.4) is 0 Å². The van der Waals surface area contributed by atoms with Crippen LogP contribution in [0.5, 0.6) is 0 Å². The van der Waals surface area contributed by atoms with Crippen LogP contribution in [0.1, 0.15) is 6.92 Å². The molecule has 0 fully saturated rings. The third-order valence-electron chi connectivity index (χ3n) is 2.26. The maximum atomic E-state index is 10.9. The zero-order valence-electron chi connectivity index (χ0n) is 9.85. The molecule has 0 spiro atoms. The Kier molecular flexibility index (Phi) is 3.88. The lowest BCUT2D eigenvalue weighted by Crippen LogP contribution is -2.22. The van der Waals surface area contributed by atoms with Crippen LogP contribution in [0, 0.1) is 5.92 Å². The molecule has 0 aliphatic carbocycles. The van der Waals surface area contributed by atoms with Crippen molar-refractivity contribution in [3.05, 3.63) is 24.5 Å². The lowest BCUT2D eigenvalue weighted by molar-refractivity contribution is 0.585. The minimum absolute atomic E-state index is 0.00663. The molecule has 0 radical (unpaired) electrons. The molecule has 8 heteroatoms. The number of fused-ring (bicyclic) bond motifs is 1. The number of hydrogen-bond donors (Lipinski definition) is 1. The molecular weight excluding hydrogens is 272 g/mol. The number of primary sulfonamides is 1. The smallest absolute Gasteiger partial charge is 0.209 e. The summed E-state index contributed by atoms with van der Waals surface area (Å²) in [7, 11) is -3.40. The molecule has 0 saturated heterocycles. The van der Waals surface area contributed by atoms with Crippen LogP contribution in [0.2, 0.25) is 0 Å². The summed E-state index contributed by atoms with van der Waals surface area (Å²) in [5, 5.41) is 10.2. The second kappa shape index (κ2) is 5.25. The maximum absolute atomic E-state index is 10.9. The number of hydrogen-bond acceptors (Lipinski definition) is 5. The zero-order chi connectivity index (χ0) is 13.2. The van der Waals surface area contributed by atoms with Gasteiger partial charge < -0.3 is 0 Å². The van der Waals surface area contributed by atoms with Crippen molar-refractivity contribution in [2.75, 3.05) is 11.5 Å². The second-order valence-electron chi connectivity index (χ2n) is 4.15. The number of nitrogens with two attached hydrogens (primary N) is 1. The third kappa shape index (κ3) is 3.69. The summed E-state index contributed by atoms with van der Waals surface area (Å²) in [5.74, 6) is 0.641. The standard InChI is InChI=1S/C10H14N4O2S2/c1-8(7-18(11,15)16)6-17-10-3-2-9-12-4-5-14(9)13-10/h2-5,8H,6-7H2,1H3,(H2,11,15,16). The first-order valence-corrected chi connectivity index (χ1v) is 8.08. The highest BCUT2D eigenvalue weighted by molar-refractivity contribution is 7.99. The monoisotopic (exact) mass is 286 g/mol. The fourth-order valence-corrected chi connectivity index (χ4v) is 3.49. The Labute approximate surface area is 110 Å². The molecule has 0 amide bonds. The number of nitrogens with zero attached hydrogens (tertiary/aromatic N) is 3. The van der Waals surface area contributed by atoms with Crippen LogP contribution >= 0.6 is 11.8 Å². The Hall–Kier alpha value is -1.12. The van der Waals surface area contributed by atoms with E-state index in [1.54, 1.807) is 16.9 Å². The lowest BCUT2D eigenvalue weighted by Gasteiger charge is -2.08. The van der Waals surface area contributed by atoms with Crippen molar-refractivity contribution in [3.63, 3.8) is 0 Å².